The van der Waals surface area contributed by atoms with Gasteiger partial charge in [0, 0.05) is 15.8 Å². The van der Waals surface area contributed by atoms with Crippen LogP contribution in [-0.2, 0) is 9.59 Å². The average molecular weight is 393 g/mol. The molecule has 0 bridgehead atoms. The maximum atomic E-state index is 11.8. The highest BCUT2D eigenvalue weighted by molar-refractivity contribution is 9.10. The van der Waals surface area contributed by atoms with E-state index in [0.29, 0.717) is 0 Å². The molecule has 2 aromatic carbocycles. The van der Waals surface area contributed by atoms with Gasteiger partial charge in [-0.25, -0.2) is 0 Å². The van der Waals surface area contributed by atoms with Crippen LogP contribution in [0.5, 0.6) is 0 Å². The minimum absolute atomic E-state index is 0.117. The number of aryl methyl sites for hydroxylation is 1. The van der Waals surface area contributed by atoms with Crippen LogP contribution in [0.2, 0.25) is 0 Å². The van der Waals surface area contributed by atoms with Gasteiger partial charge in [-0.3, -0.25) is 9.59 Å². The number of halogens is 1. The summed E-state index contributed by atoms with van der Waals surface area (Å²) in [6.45, 7) is 1.99. The summed E-state index contributed by atoms with van der Waals surface area (Å²) in [6, 6.07) is 15.0. The Balaban J connectivity index is 1.70. The van der Waals surface area contributed by atoms with Crippen molar-refractivity contribution in [2.24, 2.45) is 0 Å². The molecule has 2 amide bonds. The summed E-state index contributed by atoms with van der Waals surface area (Å²) in [7, 11) is 0. The van der Waals surface area contributed by atoms with E-state index in [-0.39, 0.29) is 23.3 Å². The third-order valence-corrected chi connectivity index (χ3v) is 4.34. The van der Waals surface area contributed by atoms with Gasteiger partial charge in [0.2, 0.25) is 11.8 Å². The van der Waals surface area contributed by atoms with E-state index in [1.165, 1.54) is 11.8 Å². The SMILES string of the molecule is Cc1ccc(NC(=O)CSCC(=O)Nc2cccc(Br)c2)cc1. The molecule has 0 aliphatic carbocycles. The van der Waals surface area contributed by atoms with Crippen LogP contribution in [0.4, 0.5) is 11.4 Å². The quantitative estimate of drug-likeness (QED) is 0.778. The Hall–Kier alpha value is -1.79. The molecule has 0 aliphatic rings. The molecule has 0 spiro atoms. The second kappa shape index (κ2) is 8.74. The topological polar surface area (TPSA) is 58.2 Å². The molecule has 0 fully saturated rings. The number of hydrogen-bond donors (Lipinski definition) is 2. The fraction of sp³-hybridized carbons (Fsp3) is 0.176. The average Bonchev–Trinajstić information content (AvgIpc) is 2.49. The molecule has 2 rings (SSSR count). The maximum absolute atomic E-state index is 11.8. The number of nitrogens with one attached hydrogen (secondary N) is 2. The molecule has 0 radical (unpaired) electrons. The first-order valence-corrected chi connectivity index (χ1v) is 8.97. The molecular weight excluding hydrogens is 376 g/mol. The zero-order chi connectivity index (χ0) is 16.7. The molecule has 23 heavy (non-hydrogen) atoms. The predicted molar refractivity (Wildman–Crippen MR) is 99.9 cm³/mol. The van der Waals surface area contributed by atoms with E-state index in [1.807, 2.05) is 55.5 Å². The van der Waals surface area contributed by atoms with Gasteiger partial charge in [0.05, 0.1) is 11.5 Å². The number of anilines is 2. The summed E-state index contributed by atoms with van der Waals surface area (Å²) in [6.07, 6.45) is 0. The van der Waals surface area contributed by atoms with Gasteiger partial charge < -0.3 is 10.6 Å². The van der Waals surface area contributed by atoms with Crippen molar-refractivity contribution in [3.8, 4) is 0 Å². The lowest BCUT2D eigenvalue weighted by atomic mass is 10.2. The Bertz CT molecular complexity index is 689. The lowest BCUT2D eigenvalue weighted by Gasteiger charge is -2.07. The Kier molecular flexibility index (Phi) is 6.67. The van der Waals surface area contributed by atoms with Crippen LogP contribution < -0.4 is 10.6 Å². The van der Waals surface area contributed by atoms with Gasteiger partial charge in [-0.2, -0.15) is 0 Å². The van der Waals surface area contributed by atoms with E-state index in [9.17, 15) is 9.59 Å². The zero-order valence-corrected chi connectivity index (χ0v) is 15.0. The molecule has 6 heteroatoms. The molecule has 2 N–H and O–H groups in total. The Labute approximate surface area is 148 Å². The van der Waals surface area contributed by atoms with Crippen LogP contribution in [0.3, 0.4) is 0 Å². The van der Waals surface area contributed by atoms with E-state index in [0.717, 1.165) is 21.4 Å². The second-order valence-corrected chi connectivity index (χ2v) is 6.87. The third-order valence-electron chi connectivity index (χ3n) is 2.91. The number of benzene rings is 2. The highest BCUT2D eigenvalue weighted by Gasteiger charge is 2.07. The van der Waals surface area contributed by atoms with Crippen molar-refractivity contribution in [1.29, 1.82) is 0 Å². The molecule has 4 nitrogen and oxygen atoms in total. The first kappa shape index (κ1) is 17.6. The minimum atomic E-state index is -0.128. The zero-order valence-electron chi connectivity index (χ0n) is 12.6. The van der Waals surface area contributed by atoms with Crippen molar-refractivity contribution >= 4 is 50.9 Å². The van der Waals surface area contributed by atoms with Crippen molar-refractivity contribution in [3.05, 3.63) is 58.6 Å². The highest BCUT2D eigenvalue weighted by Crippen LogP contribution is 2.16. The van der Waals surface area contributed by atoms with Crippen molar-refractivity contribution in [2.45, 2.75) is 6.92 Å². The van der Waals surface area contributed by atoms with Crippen LogP contribution >= 0.6 is 27.7 Å². The molecule has 0 atom stereocenters. The Morgan fingerprint density at radius 2 is 1.57 bits per heavy atom. The first-order valence-electron chi connectivity index (χ1n) is 7.02. The molecular formula is C17H17BrN2O2S. The van der Waals surface area contributed by atoms with Crippen LogP contribution in [0.15, 0.2) is 53.0 Å². The normalized spacial score (nSPS) is 10.2. The third kappa shape index (κ3) is 6.46. The minimum Gasteiger partial charge on any atom is -0.325 e. The molecule has 0 aliphatic heterocycles. The summed E-state index contributed by atoms with van der Waals surface area (Å²) in [5.74, 6) is 0.221. The largest absolute Gasteiger partial charge is 0.325 e. The van der Waals surface area contributed by atoms with Gasteiger partial charge in [0.1, 0.15) is 0 Å². The summed E-state index contributed by atoms with van der Waals surface area (Å²) in [5, 5.41) is 5.59. The van der Waals surface area contributed by atoms with E-state index in [1.54, 1.807) is 0 Å². The molecule has 0 saturated carbocycles. The molecule has 120 valence electrons. The van der Waals surface area contributed by atoms with Crippen LogP contribution in [0.25, 0.3) is 0 Å². The second-order valence-electron chi connectivity index (χ2n) is 4.97. The number of hydrogen-bond acceptors (Lipinski definition) is 3. The number of thioether (sulfide) groups is 1. The lowest BCUT2D eigenvalue weighted by molar-refractivity contribution is -0.114. The van der Waals surface area contributed by atoms with Gasteiger partial charge in [-0.1, -0.05) is 39.7 Å². The number of carbonyl (C=O) groups excluding carboxylic acids is 2. The number of rotatable bonds is 6. The fourth-order valence-electron chi connectivity index (χ4n) is 1.83. The van der Waals surface area contributed by atoms with Crippen LogP contribution in [0, 0.1) is 6.92 Å². The van der Waals surface area contributed by atoms with Crippen molar-refractivity contribution < 1.29 is 9.59 Å². The van der Waals surface area contributed by atoms with Crippen molar-refractivity contribution in [2.75, 3.05) is 22.1 Å². The molecule has 0 saturated heterocycles. The van der Waals surface area contributed by atoms with Crippen LogP contribution in [0.1, 0.15) is 5.56 Å². The van der Waals surface area contributed by atoms with Crippen molar-refractivity contribution in [1.82, 2.24) is 0 Å². The first-order chi connectivity index (χ1) is 11.0. The fourth-order valence-corrected chi connectivity index (χ4v) is 2.85. The molecule has 0 heterocycles. The van der Waals surface area contributed by atoms with E-state index in [2.05, 4.69) is 26.6 Å². The molecule has 2 aromatic rings. The van der Waals surface area contributed by atoms with Crippen molar-refractivity contribution in [3.63, 3.8) is 0 Å². The smallest absolute Gasteiger partial charge is 0.234 e. The number of amides is 2. The summed E-state index contributed by atoms with van der Waals surface area (Å²) < 4.78 is 0.903. The van der Waals surface area contributed by atoms with Gasteiger partial charge in [-0.05, 0) is 37.3 Å². The van der Waals surface area contributed by atoms with Gasteiger partial charge in [-0.15, -0.1) is 11.8 Å². The Morgan fingerprint density at radius 1 is 0.957 bits per heavy atom. The van der Waals surface area contributed by atoms with E-state index < -0.39 is 0 Å². The van der Waals surface area contributed by atoms with Gasteiger partial charge in [0.25, 0.3) is 0 Å². The molecule has 0 aromatic heterocycles. The highest BCUT2D eigenvalue weighted by atomic mass is 79.9. The standard InChI is InChI=1S/C17H17BrN2O2S/c1-12-5-7-14(8-6-12)19-16(21)10-23-11-17(22)20-15-4-2-3-13(18)9-15/h2-9H,10-11H2,1H3,(H,19,21)(H,20,22). The predicted octanol–water partition coefficient (Wildman–Crippen LogP) is 4.07. The molecule has 0 unspecified atom stereocenters. The summed E-state index contributed by atoms with van der Waals surface area (Å²) in [4.78, 5) is 23.6. The van der Waals surface area contributed by atoms with E-state index >= 15 is 0 Å². The summed E-state index contributed by atoms with van der Waals surface area (Å²) >= 11 is 4.63. The number of carbonyl (C=O) groups is 2. The monoisotopic (exact) mass is 392 g/mol. The van der Waals surface area contributed by atoms with E-state index in [4.69, 9.17) is 0 Å². The van der Waals surface area contributed by atoms with Gasteiger partial charge in [0.15, 0.2) is 0 Å². The maximum Gasteiger partial charge on any atom is 0.234 e. The van der Waals surface area contributed by atoms with Crippen LogP contribution in [-0.4, -0.2) is 23.3 Å². The van der Waals surface area contributed by atoms with Gasteiger partial charge >= 0.3 is 0 Å². The lowest BCUT2D eigenvalue weighted by Crippen LogP contribution is -2.18. The summed E-state index contributed by atoms with van der Waals surface area (Å²) in [5.41, 5.74) is 2.63. The Morgan fingerprint density at radius 3 is 2.17 bits per heavy atom.